The summed E-state index contributed by atoms with van der Waals surface area (Å²) < 4.78 is 14.1. The highest BCUT2D eigenvalue weighted by molar-refractivity contribution is 6.30. The van der Waals surface area contributed by atoms with E-state index in [4.69, 9.17) is 16.9 Å². The van der Waals surface area contributed by atoms with E-state index < -0.39 is 0 Å². The molecule has 1 saturated carbocycles. The topological polar surface area (TPSA) is 59.4 Å². The number of anilines is 1. The molecular weight excluding hydrogens is 379 g/mol. The number of amides is 1. The number of nitrogens with zero attached hydrogens (tertiary/aromatic N) is 3. The van der Waals surface area contributed by atoms with Gasteiger partial charge >= 0.3 is 0 Å². The van der Waals surface area contributed by atoms with Crippen molar-refractivity contribution in [3.8, 4) is 6.07 Å². The zero-order chi connectivity index (χ0) is 19.9. The quantitative estimate of drug-likeness (QED) is 0.784. The molecule has 7 heteroatoms. The van der Waals surface area contributed by atoms with Gasteiger partial charge in [0.1, 0.15) is 12.2 Å². The second-order valence-corrected chi connectivity index (χ2v) is 8.27. The van der Waals surface area contributed by atoms with Crippen molar-refractivity contribution in [3.63, 3.8) is 0 Å². The van der Waals surface area contributed by atoms with Crippen LogP contribution in [0.3, 0.4) is 0 Å². The smallest absolute Gasteiger partial charge is 0.234 e. The van der Waals surface area contributed by atoms with Crippen molar-refractivity contribution in [1.82, 2.24) is 10.2 Å². The fourth-order valence-electron chi connectivity index (χ4n) is 4.26. The molecule has 1 amide bonds. The second-order valence-electron chi connectivity index (χ2n) is 7.83. The Bertz CT molecular complexity index is 707. The van der Waals surface area contributed by atoms with Crippen LogP contribution in [0.1, 0.15) is 38.5 Å². The molecule has 1 aromatic rings. The molecule has 152 valence electrons. The first-order valence-corrected chi connectivity index (χ1v) is 10.5. The van der Waals surface area contributed by atoms with E-state index >= 15 is 0 Å². The highest BCUT2D eigenvalue weighted by Gasteiger charge is 2.24. The lowest BCUT2D eigenvalue weighted by Gasteiger charge is -2.37. The van der Waals surface area contributed by atoms with Gasteiger partial charge in [-0.1, -0.05) is 11.6 Å². The van der Waals surface area contributed by atoms with Gasteiger partial charge in [-0.2, -0.15) is 5.26 Å². The van der Waals surface area contributed by atoms with Crippen LogP contribution in [0.15, 0.2) is 18.2 Å². The van der Waals surface area contributed by atoms with Crippen LogP contribution in [0.25, 0.3) is 0 Å². The molecule has 1 aliphatic carbocycles. The van der Waals surface area contributed by atoms with Gasteiger partial charge in [0.2, 0.25) is 5.91 Å². The molecule has 1 aromatic carbocycles. The van der Waals surface area contributed by atoms with Gasteiger partial charge < -0.3 is 10.2 Å². The third-order valence-corrected chi connectivity index (χ3v) is 6.16. The van der Waals surface area contributed by atoms with Crippen LogP contribution in [-0.4, -0.2) is 49.6 Å². The van der Waals surface area contributed by atoms with Crippen molar-refractivity contribution in [2.24, 2.45) is 5.92 Å². The molecule has 2 fully saturated rings. The molecule has 0 atom stereocenters. The number of halogens is 2. The Hall–Kier alpha value is -1.84. The molecule has 1 N–H and O–H groups in total. The van der Waals surface area contributed by atoms with Crippen molar-refractivity contribution < 1.29 is 9.18 Å². The zero-order valence-corrected chi connectivity index (χ0v) is 16.9. The van der Waals surface area contributed by atoms with Crippen LogP contribution < -0.4 is 10.2 Å². The maximum Gasteiger partial charge on any atom is 0.234 e. The molecule has 2 aliphatic rings. The van der Waals surface area contributed by atoms with Crippen molar-refractivity contribution in [3.05, 3.63) is 29.0 Å². The second kappa shape index (κ2) is 10.1. The van der Waals surface area contributed by atoms with Gasteiger partial charge in [-0.25, -0.2) is 4.39 Å². The Kier molecular flexibility index (Phi) is 7.52. The van der Waals surface area contributed by atoms with Gasteiger partial charge in [0.05, 0.1) is 11.8 Å². The van der Waals surface area contributed by atoms with Crippen molar-refractivity contribution in [2.45, 2.75) is 44.6 Å². The molecule has 1 saturated heterocycles. The molecule has 0 unspecified atom stereocenters. The SMILES string of the molecule is N#CCC(=O)N[C@H]1CC[C@H](CCN2CCN(c3ccc(Cl)cc3F)CC2)CC1. The summed E-state index contributed by atoms with van der Waals surface area (Å²) >= 11 is 5.84. The van der Waals surface area contributed by atoms with E-state index in [9.17, 15) is 9.18 Å². The largest absolute Gasteiger partial charge is 0.367 e. The van der Waals surface area contributed by atoms with E-state index in [0.717, 1.165) is 58.4 Å². The van der Waals surface area contributed by atoms with Gasteiger partial charge in [0, 0.05) is 37.2 Å². The first-order valence-electron chi connectivity index (χ1n) is 10.1. The molecule has 3 rings (SSSR count). The Labute approximate surface area is 171 Å². The first-order chi connectivity index (χ1) is 13.5. The lowest BCUT2D eigenvalue weighted by atomic mass is 9.84. The number of carbonyl (C=O) groups excluding carboxylic acids is 1. The number of benzene rings is 1. The van der Waals surface area contributed by atoms with Gasteiger partial charge in [-0.15, -0.1) is 0 Å². The van der Waals surface area contributed by atoms with Crippen molar-refractivity contribution >= 4 is 23.2 Å². The van der Waals surface area contributed by atoms with E-state index in [-0.39, 0.29) is 24.2 Å². The van der Waals surface area contributed by atoms with Crippen LogP contribution >= 0.6 is 11.6 Å². The third-order valence-electron chi connectivity index (χ3n) is 5.93. The van der Waals surface area contributed by atoms with Gasteiger partial charge in [-0.05, 0) is 62.8 Å². The average molecular weight is 407 g/mol. The summed E-state index contributed by atoms with van der Waals surface area (Å²) in [5.41, 5.74) is 0.640. The Balaban J connectivity index is 1.35. The molecule has 1 aliphatic heterocycles. The first kappa shape index (κ1) is 20.9. The highest BCUT2D eigenvalue weighted by Crippen LogP contribution is 2.28. The number of rotatable bonds is 6. The number of nitrogens with one attached hydrogen (secondary N) is 1. The van der Waals surface area contributed by atoms with Crippen LogP contribution in [0.5, 0.6) is 0 Å². The number of carbonyl (C=O) groups is 1. The highest BCUT2D eigenvalue weighted by atomic mass is 35.5. The fraction of sp³-hybridized carbons (Fsp3) is 0.619. The van der Waals surface area contributed by atoms with E-state index in [1.54, 1.807) is 12.1 Å². The zero-order valence-electron chi connectivity index (χ0n) is 16.2. The molecule has 0 radical (unpaired) electrons. The monoisotopic (exact) mass is 406 g/mol. The molecule has 5 nitrogen and oxygen atoms in total. The normalized spacial score (nSPS) is 23.2. The summed E-state index contributed by atoms with van der Waals surface area (Å²) in [5.74, 6) is 0.302. The van der Waals surface area contributed by atoms with Gasteiger partial charge in [0.15, 0.2) is 0 Å². The van der Waals surface area contributed by atoms with Crippen molar-refractivity contribution in [1.29, 1.82) is 5.26 Å². The van der Waals surface area contributed by atoms with Crippen LogP contribution in [0, 0.1) is 23.1 Å². The Morgan fingerprint density at radius 2 is 1.93 bits per heavy atom. The number of nitriles is 1. The summed E-state index contributed by atoms with van der Waals surface area (Å²) in [4.78, 5) is 16.1. The molecule has 0 spiro atoms. The van der Waals surface area contributed by atoms with E-state index in [2.05, 4.69) is 15.1 Å². The fourth-order valence-corrected chi connectivity index (χ4v) is 4.42. The molecule has 28 heavy (non-hydrogen) atoms. The number of piperazine rings is 1. The molecular formula is C21H28ClFN4O. The van der Waals surface area contributed by atoms with Crippen LogP contribution in [0.4, 0.5) is 10.1 Å². The summed E-state index contributed by atoms with van der Waals surface area (Å²) in [6.07, 6.45) is 5.40. The number of hydrogen-bond acceptors (Lipinski definition) is 4. The molecule has 0 bridgehead atoms. The maximum absolute atomic E-state index is 14.1. The predicted octanol–water partition coefficient (Wildman–Crippen LogP) is 3.58. The minimum atomic E-state index is -0.250. The lowest BCUT2D eigenvalue weighted by Crippen LogP contribution is -2.47. The Morgan fingerprint density at radius 3 is 2.57 bits per heavy atom. The van der Waals surface area contributed by atoms with Gasteiger partial charge in [-0.3, -0.25) is 9.69 Å². The summed E-state index contributed by atoms with van der Waals surface area (Å²) in [5, 5.41) is 12.0. The van der Waals surface area contributed by atoms with Crippen LogP contribution in [-0.2, 0) is 4.79 Å². The van der Waals surface area contributed by atoms with E-state index in [1.807, 2.05) is 6.07 Å². The van der Waals surface area contributed by atoms with Crippen molar-refractivity contribution in [2.75, 3.05) is 37.6 Å². The standard InChI is InChI=1S/C21H28ClFN4O/c22-17-3-6-20(19(23)15-17)27-13-11-26(12-14-27)10-8-16-1-4-18(5-2-16)25-21(28)7-9-24/h3,6,15-16,18H,1-2,4-5,7-8,10-14H2,(H,25,28)/t16-,18-. The molecule has 1 heterocycles. The maximum atomic E-state index is 14.1. The third kappa shape index (κ3) is 5.83. The van der Waals surface area contributed by atoms with E-state index in [0.29, 0.717) is 16.6 Å². The summed E-state index contributed by atoms with van der Waals surface area (Å²) in [7, 11) is 0. The number of hydrogen-bond donors (Lipinski definition) is 1. The molecule has 0 aromatic heterocycles. The minimum absolute atomic E-state index is 0.0498. The minimum Gasteiger partial charge on any atom is -0.367 e. The van der Waals surface area contributed by atoms with Crippen LogP contribution in [0.2, 0.25) is 5.02 Å². The predicted molar refractivity (Wildman–Crippen MR) is 109 cm³/mol. The van der Waals surface area contributed by atoms with Gasteiger partial charge in [0.25, 0.3) is 0 Å². The average Bonchev–Trinajstić information content (AvgIpc) is 2.68. The summed E-state index contributed by atoms with van der Waals surface area (Å²) in [6, 6.07) is 7.01. The van der Waals surface area contributed by atoms with E-state index in [1.165, 1.54) is 12.5 Å². The Morgan fingerprint density at radius 1 is 1.21 bits per heavy atom. The lowest BCUT2D eigenvalue weighted by molar-refractivity contribution is -0.121. The summed E-state index contributed by atoms with van der Waals surface area (Å²) in [6.45, 7) is 4.63.